The number of carbonyl (C=O) groups excluding carboxylic acids is 2. The molecule has 0 unspecified atom stereocenters. The highest BCUT2D eigenvalue weighted by molar-refractivity contribution is 5.97. The number of fused-ring (bicyclic) bond motifs is 1. The van der Waals surface area contributed by atoms with Crippen LogP contribution in [-0.4, -0.2) is 33.8 Å². The highest BCUT2D eigenvalue weighted by Gasteiger charge is 2.21. The maximum atomic E-state index is 12.3. The van der Waals surface area contributed by atoms with Crippen molar-refractivity contribution in [1.29, 1.82) is 0 Å². The number of hydrogen-bond acceptors (Lipinski definition) is 4. The van der Waals surface area contributed by atoms with Crippen molar-refractivity contribution in [2.75, 3.05) is 11.4 Å². The van der Waals surface area contributed by atoms with Gasteiger partial charge in [0.05, 0.1) is 0 Å². The van der Waals surface area contributed by atoms with Crippen molar-refractivity contribution in [3.05, 3.63) is 53.6 Å². The van der Waals surface area contributed by atoms with Crippen molar-refractivity contribution in [2.24, 2.45) is 0 Å². The van der Waals surface area contributed by atoms with Crippen LogP contribution in [0.1, 0.15) is 28.8 Å². The van der Waals surface area contributed by atoms with E-state index in [0.717, 1.165) is 29.7 Å². The molecule has 1 saturated heterocycles. The maximum Gasteiger partial charge on any atom is 0.251 e. The normalized spacial score (nSPS) is 14.2. The number of nitrogens with one attached hydrogen (secondary N) is 2. The molecule has 7 heteroatoms. The van der Waals surface area contributed by atoms with E-state index in [9.17, 15) is 9.59 Å². The first kappa shape index (κ1) is 15.3. The topological polar surface area (TPSA) is 91.0 Å². The SMILES string of the molecule is O=C(NCc1ccc(N2CCCC2=O)cc1)c1ccc2n[nH]nc2c1. The fourth-order valence-corrected chi connectivity index (χ4v) is 2.98. The molecule has 25 heavy (non-hydrogen) atoms. The number of nitrogens with zero attached hydrogens (tertiary/aromatic N) is 3. The van der Waals surface area contributed by atoms with Gasteiger partial charge in [-0.25, -0.2) is 0 Å². The summed E-state index contributed by atoms with van der Waals surface area (Å²) in [7, 11) is 0. The lowest BCUT2D eigenvalue weighted by Gasteiger charge is -2.16. The number of carbonyl (C=O) groups is 2. The monoisotopic (exact) mass is 335 g/mol. The molecule has 0 atom stereocenters. The zero-order chi connectivity index (χ0) is 17.2. The van der Waals surface area contributed by atoms with Crippen LogP contribution in [0.15, 0.2) is 42.5 Å². The smallest absolute Gasteiger partial charge is 0.251 e. The molecular weight excluding hydrogens is 318 g/mol. The van der Waals surface area contributed by atoms with Gasteiger partial charge in [-0.05, 0) is 42.3 Å². The number of aromatic amines is 1. The molecule has 1 fully saturated rings. The van der Waals surface area contributed by atoms with E-state index in [1.54, 1.807) is 23.1 Å². The Balaban J connectivity index is 1.40. The second-order valence-electron chi connectivity index (χ2n) is 6.03. The molecule has 1 aliphatic rings. The molecule has 2 amide bonds. The summed E-state index contributed by atoms with van der Waals surface area (Å²) in [5.41, 5.74) is 3.82. The minimum absolute atomic E-state index is 0.163. The largest absolute Gasteiger partial charge is 0.348 e. The van der Waals surface area contributed by atoms with Crippen LogP contribution in [0.3, 0.4) is 0 Å². The molecule has 3 aromatic rings. The zero-order valence-corrected chi connectivity index (χ0v) is 13.5. The first-order valence-electron chi connectivity index (χ1n) is 8.19. The fourth-order valence-electron chi connectivity index (χ4n) is 2.98. The number of benzene rings is 2. The van der Waals surface area contributed by atoms with Gasteiger partial charge in [0.15, 0.2) is 0 Å². The summed E-state index contributed by atoms with van der Waals surface area (Å²) in [4.78, 5) is 25.8. The molecule has 0 bridgehead atoms. The predicted octanol–water partition coefficient (Wildman–Crippen LogP) is 2.01. The van der Waals surface area contributed by atoms with Gasteiger partial charge in [-0.3, -0.25) is 9.59 Å². The van der Waals surface area contributed by atoms with Crippen molar-refractivity contribution in [2.45, 2.75) is 19.4 Å². The number of anilines is 1. The molecule has 0 saturated carbocycles. The predicted molar refractivity (Wildman–Crippen MR) is 93.1 cm³/mol. The van der Waals surface area contributed by atoms with Gasteiger partial charge in [0.25, 0.3) is 5.91 Å². The van der Waals surface area contributed by atoms with Crippen molar-refractivity contribution in [3.63, 3.8) is 0 Å². The Morgan fingerprint density at radius 1 is 1.12 bits per heavy atom. The third-order valence-corrected chi connectivity index (χ3v) is 4.35. The molecule has 126 valence electrons. The van der Waals surface area contributed by atoms with Crippen molar-refractivity contribution in [3.8, 4) is 0 Å². The van der Waals surface area contributed by atoms with E-state index in [2.05, 4.69) is 20.7 Å². The van der Waals surface area contributed by atoms with Gasteiger partial charge in [-0.1, -0.05) is 12.1 Å². The average Bonchev–Trinajstić information content (AvgIpc) is 3.28. The first-order chi connectivity index (χ1) is 12.2. The Morgan fingerprint density at radius 3 is 2.68 bits per heavy atom. The average molecular weight is 335 g/mol. The fraction of sp³-hybridized carbons (Fsp3) is 0.222. The minimum atomic E-state index is -0.163. The minimum Gasteiger partial charge on any atom is -0.348 e. The lowest BCUT2D eigenvalue weighted by Crippen LogP contribution is -2.24. The molecular formula is C18H17N5O2. The second kappa shape index (κ2) is 6.35. The van der Waals surface area contributed by atoms with Crippen LogP contribution >= 0.6 is 0 Å². The van der Waals surface area contributed by atoms with E-state index in [0.29, 0.717) is 24.0 Å². The maximum absolute atomic E-state index is 12.3. The lowest BCUT2D eigenvalue weighted by molar-refractivity contribution is -0.117. The highest BCUT2D eigenvalue weighted by Crippen LogP contribution is 2.21. The van der Waals surface area contributed by atoms with Crippen LogP contribution in [-0.2, 0) is 11.3 Å². The number of hydrogen-bond donors (Lipinski definition) is 2. The molecule has 1 aliphatic heterocycles. The molecule has 0 spiro atoms. The van der Waals surface area contributed by atoms with E-state index < -0.39 is 0 Å². The van der Waals surface area contributed by atoms with Gasteiger partial charge in [0.1, 0.15) is 11.0 Å². The quantitative estimate of drug-likeness (QED) is 0.763. The van der Waals surface area contributed by atoms with E-state index in [-0.39, 0.29) is 11.8 Å². The van der Waals surface area contributed by atoms with E-state index in [1.807, 2.05) is 24.3 Å². The number of H-pyrrole nitrogens is 1. The number of amides is 2. The van der Waals surface area contributed by atoms with Gasteiger partial charge >= 0.3 is 0 Å². The van der Waals surface area contributed by atoms with Gasteiger partial charge < -0.3 is 10.2 Å². The molecule has 0 aliphatic carbocycles. The Labute approximate surface area is 144 Å². The lowest BCUT2D eigenvalue weighted by atomic mass is 10.1. The number of rotatable bonds is 4. The number of aromatic nitrogens is 3. The Kier molecular flexibility index (Phi) is 3.89. The van der Waals surface area contributed by atoms with Crippen LogP contribution in [0, 0.1) is 0 Å². The third kappa shape index (κ3) is 3.08. The summed E-state index contributed by atoms with van der Waals surface area (Å²) in [6, 6.07) is 12.9. The van der Waals surface area contributed by atoms with Crippen LogP contribution < -0.4 is 10.2 Å². The summed E-state index contributed by atoms with van der Waals surface area (Å²) >= 11 is 0. The first-order valence-corrected chi connectivity index (χ1v) is 8.19. The van der Waals surface area contributed by atoms with Crippen LogP contribution in [0.2, 0.25) is 0 Å². The third-order valence-electron chi connectivity index (χ3n) is 4.35. The molecule has 2 N–H and O–H groups in total. The summed E-state index contributed by atoms with van der Waals surface area (Å²) in [5.74, 6) is 0.00741. The summed E-state index contributed by atoms with van der Waals surface area (Å²) < 4.78 is 0. The molecule has 4 rings (SSSR count). The molecule has 2 heterocycles. The molecule has 1 aromatic heterocycles. The van der Waals surface area contributed by atoms with Gasteiger partial charge in [-0.2, -0.15) is 15.4 Å². The Morgan fingerprint density at radius 2 is 1.92 bits per heavy atom. The molecule has 0 radical (unpaired) electrons. The van der Waals surface area contributed by atoms with Crippen molar-refractivity contribution < 1.29 is 9.59 Å². The van der Waals surface area contributed by atoms with Gasteiger partial charge in [-0.15, -0.1) is 0 Å². The zero-order valence-electron chi connectivity index (χ0n) is 13.5. The Hall–Kier alpha value is -3.22. The molecule has 2 aromatic carbocycles. The van der Waals surface area contributed by atoms with Crippen molar-refractivity contribution in [1.82, 2.24) is 20.7 Å². The van der Waals surface area contributed by atoms with Crippen molar-refractivity contribution >= 4 is 28.5 Å². The van der Waals surface area contributed by atoms with Gasteiger partial charge in [0.2, 0.25) is 5.91 Å². The summed E-state index contributed by atoms with van der Waals surface area (Å²) in [6.07, 6.45) is 1.53. The molecule has 7 nitrogen and oxygen atoms in total. The van der Waals surface area contributed by atoms with Crippen LogP contribution in [0.5, 0.6) is 0 Å². The van der Waals surface area contributed by atoms with Crippen LogP contribution in [0.4, 0.5) is 5.69 Å². The summed E-state index contributed by atoms with van der Waals surface area (Å²) in [6.45, 7) is 1.20. The standard InChI is InChI=1S/C18H17N5O2/c24-17-2-1-9-23(17)14-6-3-12(4-7-14)11-19-18(25)13-5-8-15-16(10-13)21-22-20-15/h3-8,10H,1-2,9,11H2,(H,19,25)(H,20,21,22). The van der Waals surface area contributed by atoms with E-state index in [1.165, 1.54) is 0 Å². The second-order valence-corrected chi connectivity index (χ2v) is 6.03. The summed E-state index contributed by atoms with van der Waals surface area (Å²) in [5, 5.41) is 13.4. The van der Waals surface area contributed by atoms with Gasteiger partial charge in [0, 0.05) is 30.8 Å². The van der Waals surface area contributed by atoms with E-state index in [4.69, 9.17) is 0 Å². The van der Waals surface area contributed by atoms with E-state index >= 15 is 0 Å². The Bertz CT molecular complexity index is 932. The van der Waals surface area contributed by atoms with Crippen LogP contribution in [0.25, 0.3) is 11.0 Å². The highest BCUT2D eigenvalue weighted by atomic mass is 16.2.